The van der Waals surface area contributed by atoms with Crippen molar-refractivity contribution < 1.29 is 23.8 Å². The molecule has 1 heterocycles. The van der Waals surface area contributed by atoms with Gasteiger partial charge in [-0.15, -0.1) is 0 Å². The molecule has 0 N–H and O–H groups in total. The lowest BCUT2D eigenvalue weighted by atomic mass is 10.3. The molecule has 1 saturated heterocycles. The number of hydrogen-bond donors (Lipinski definition) is 0. The minimum atomic E-state index is -0.303. The summed E-state index contributed by atoms with van der Waals surface area (Å²) in [4.78, 5) is 31.7. The van der Waals surface area contributed by atoms with Crippen molar-refractivity contribution in [3.05, 3.63) is 24.5 Å². The number of carbonyl (C=O) groups is 2. The highest BCUT2D eigenvalue weighted by molar-refractivity contribution is 5.71. The molecule has 1 aliphatic rings. The Morgan fingerprint density at radius 3 is 1.41 bits per heavy atom. The molecule has 0 aromatic rings. The van der Waals surface area contributed by atoms with Crippen LogP contribution in [0.4, 0.5) is 0 Å². The molecular weight excluding hydrogens is 352 g/mol. The molecule has 0 aromatic carbocycles. The average molecular weight is 384 g/mol. The highest BCUT2D eigenvalue weighted by Gasteiger charge is 2.26. The summed E-state index contributed by atoms with van der Waals surface area (Å²) < 4.78 is 14.8. The molecule has 0 aromatic heterocycles. The van der Waals surface area contributed by atoms with Crippen molar-refractivity contribution in [3.8, 4) is 0 Å². The van der Waals surface area contributed by atoms with Gasteiger partial charge in [0, 0.05) is 6.54 Å². The maximum atomic E-state index is 11.8. The fraction of sp³-hybridized carbons (Fsp3) is 0.667. The van der Waals surface area contributed by atoms with E-state index in [0.717, 1.165) is 5.57 Å². The lowest BCUT2D eigenvalue weighted by Crippen LogP contribution is -2.56. The Kier molecular flexibility index (Phi) is 10.0. The first-order valence-electron chi connectivity index (χ1n) is 8.66. The summed E-state index contributed by atoms with van der Waals surface area (Å²) in [5, 5.41) is 0. The molecule has 0 unspecified atom stereocenters. The lowest BCUT2D eigenvalue weighted by Gasteiger charge is -2.41. The summed E-state index contributed by atoms with van der Waals surface area (Å²) in [7, 11) is 4.32. The number of nitrogens with zero attached hydrogens (tertiary/aromatic N) is 4. The van der Waals surface area contributed by atoms with Gasteiger partial charge in [0.2, 0.25) is 0 Å². The molecule has 27 heavy (non-hydrogen) atoms. The second-order valence-corrected chi connectivity index (χ2v) is 6.73. The van der Waals surface area contributed by atoms with E-state index in [4.69, 9.17) is 14.2 Å². The van der Waals surface area contributed by atoms with Crippen molar-refractivity contribution >= 4 is 11.9 Å². The number of carbonyl (C=O) groups excluding carboxylic acids is 2. The van der Waals surface area contributed by atoms with E-state index in [9.17, 15) is 9.59 Å². The number of methoxy groups -OCH3 is 3. The summed E-state index contributed by atoms with van der Waals surface area (Å²) in [6.45, 7) is 13.3. The van der Waals surface area contributed by atoms with Crippen LogP contribution in [0.15, 0.2) is 24.5 Å². The number of esters is 2. The monoisotopic (exact) mass is 384 g/mol. The maximum absolute atomic E-state index is 11.8. The number of rotatable bonds is 9. The summed E-state index contributed by atoms with van der Waals surface area (Å²) in [6.07, 6.45) is 0. The Bertz CT molecular complexity index is 510. The van der Waals surface area contributed by atoms with Crippen molar-refractivity contribution in [2.75, 3.05) is 74.2 Å². The quantitative estimate of drug-likeness (QED) is 0.313. The second-order valence-electron chi connectivity index (χ2n) is 6.73. The van der Waals surface area contributed by atoms with Crippen LogP contribution >= 0.6 is 0 Å². The van der Waals surface area contributed by atoms with Crippen LogP contribution < -0.4 is 0 Å². The van der Waals surface area contributed by atoms with Crippen molar-refractivity contribution in [1.82, 2.24) is 19.6 Å². The van der Waals surface area contributed by atoms with E-state index in [0.29, 0.717) is 45.5 Å². The van der Waals surface area contributed by atoms with Crippen LogP contribution in [0, 0.1) is 0 Å². The maximum Gasteiger partial charge on any atom is 0.319 e. The van der Waals surface area contributed by atoms with Gasteiger partial charge in [0.05, 0.1) is 67.6 Å². The molecule has 0 atom stereocenters. The third-order valence-corrected chi connectivity index (χ3v) is 3.94. The Morgan fingerprint density at radius 2 is 1.07 bits per heavy atom. The Hall–Kier alpha value is -1.94. The van der Waals surface area contributed by atoms with Crippen molar-refractivity contribution in [2.45, 2.75) is 6.92 Å². The molecule has 1 aliphatic heterocycles. The van der Waals surface area contributed by atoms with Gasteiger partial charge in [-0.2, -0.15) is 0 Å². The Balaban J connectivity index is 2.98. The van der Waals surface area contributed by atoms with E-state index in [1.54, 1.807) is 7.11 Å². The summed E-state index contributed by atoms with van der Waals surface area (Å²) in [5.41, 5.74) is 0.997. The van der Waals surface area contributed by atoms with Gasteiger partial charge in [-0.3, -0.25) is 29.2 Å². The fourth-order valence-corrected chi connectivity index (χ4v) is 2.90. The second kappa shape index (κ2) is 11.7. The average Bonchev–Trinajstić information content (AvgIpc) is 2.58. The zero-order valence-electron chi connectivity index (χ0n) is 16.9. The van der Waals surface area contributed by atoms with Gasteiger partial charge in [0.25, 0.3) is 0 Å². The molecule has 9 heteroatoms. The third kappa shape index (κ3) is 9.00. The van der Waals surface area contributed by atoms with E-state index < -0.39 is 0 Å². The third-order valence-electron chi connectivity index (χ3n) is 3.94. The number of ether oxygens (including phenoxy) is 3. The van der Waals surface area contributed by atoms with Crippen LogP contribution in [0.5, 0.6) is 0 Å². The van der Waals surface area contributed by atoms with Crippen LogP contribution in [0.3, 0.4) is 0 Å². The van der Waals surface area contributed by atoms with Crippen LogP contribution in [0.25, 0.3) is 0 Å². The first-order chi connectivity index (χ1) is 12.8. The molecule has 0 saturated carbocycles. The van der Waals surface area contributed by atoms with Crippen LogP contribution in [0.2, 0.25) is 0 Å². The van der Waals surface area contributed by atoms with Gasteiger partial charge in [0.15, 0.2) is 0 Å². The topological polar surface area (TPSA) is 74.8 Å². The normalized spacial score (nSPS) is 17.6. The first kappa shape index (κ1) is 23.1. The minimum Gasteiger partial charge on any atom is -0.500 e. The fourth-order valence-electron chi connectivity index (χ4n) is 2.90. The van der Waals surface area contributed by atoms with Gasteiger partial charge in [-0.25, -0.2) is 0 Å². The molecule has 1 fully saturated rings. The summed E-state index contributed by atoms with van der Waals surface area (Å²) in [6, 6.07) is 0. The molecule has 1 rings (SSSR count). The standard InChI is InChI=1S/C18H32N4O5/c1-15(2)7-19-11-21(9-17(23)26-5)13-20(8-16(3)25-4)14-22(12-19)10-18(24)27-6/h1,3,7-14H2,2,4-6H3. The predicted octanol–water partition coefficient (Wildman–Crippen LogP) is 0.120. The number of hydrogen-bond acceptors (Lipinski definition) is 9. The van der Waals surface area contributed by atoms with E-state index in [1.807, 2.05) is 16.7 Å². The van der Waals surface area contributed by atoms with E-state index in [2.05, 4.69) is 23.0 Å². The van der Waals surface area contributed by atoms with Gasteiger partial charge < -0.3 is 14.2 Å². The molecule has 0 radical (unpaired) electrons. The van der Waals surface area contributed by atoms with E-state index >= 15 is 0 Å². The smallest absolute Gasteiger partial charge is 0.319 e. The SMILES string of the molecule is C=C(C)CN1CN(CC(=O)OC)CN(CC(=C)OC)CN(CC(=O)OC)C1. The highest BCUT2D eigenvalue weighted by Crippen LogP contribution is 2.10. The van der Waals surface area contributed by atoms with Gasteiger partial charge in [-0.1, -0.05) is 18.7 Å². The molecule has 9 nitrogen and oxygen atoms in total. The van der Waals surface area contributed by atoms with E-state index in [-0.39, 0.29) is 25.0 Å². The van der Waals surface area contributed by atoms with Crippen molar-refractivity contribution in [3.63, 3.8) is 0 Å². The van der Waals surface area contributed by atoms with Gasteiger partial charge in [-0.05, 0) is 6.92 Å². The minimum absolute atomic E-state index is 0.163. The zero-order valence-corrected chi connectivity index (χ0v) is 16.9. The largest absolute Gasteiger partial charge is 0.500 e. The van der Waals surface area contributed by atoms with Gasteiger partial charge >= 0.3 is 11.9 Å². The zero-order chi connectivity index (χ0) is 20.4. The molecule has 0 amide bonds. The van der Waals surface area contributed by atoms with Crippen molar-refractivity contribution in [1.29, 1.82) is 0 Å². The summed E-state index contributed by atoms with van der Waals surface area (Å²) in [5.74, 6) is -0.00373. The molecule has 0 spiro atoms. The molecule has 154 valence electrons. The lowest BCUT2D eigenvalue weighted by molar-refractivity contribution is -0.146. The highest BCUT2D eigenvalue weighted by atomic mass is 16.5. The Labute approximate surface area is 161 Å². The van der Waals surface area contributed by atoms with Crippen molar-refractivity contribution in [2.24, 2.45) is 0 Å². The molecule has 0 aliphatic carbocycles. The Morgan fingerprint density at radius 1 is 0.704 bits per heavy atom. The summed E-state index contributed by atoms with van der Waals surface area (Å²) >= 11 is 0. The van der Waals surface area contributed by atoms with Crippen LogP contribution in [0.1, 0.15) is 6.92 Å². The van der Waals surface area contributed by atoms with Crippen LogP contribution in [-0.4, -0.2) is 106 Å². The van der Waals surface area contributed by atoms with Gasteiger partial charge in [0.1, 0.15) is 5.76 Å². The van der Waals surface area contributed by atoms with Crippen LogP contribution in [-0.2, 0) is 23.8 Å². The molecular formula is C18H32N4O5. The predicted molar refractivity (Wildman–Crippen MR) is 101 cm³/mol. The van der Waals surface area contributed by atoms with E-state index in [1.165, 1.54) is 14.2 Å². The molecule has 0 bridgehead atoms. The first-order valence-corrected chi connectivity index (χ1v) is 8.66.